The van der Waals surface area contributed by atoms with Crippen molar-refractivity contribution < 1.29 is 19.8 Å². The minimum absolute atomic E-state index is 0.129. The summed E-state index contributed by atoms with van der Waals surface area (Å²) in [5.41, 5.74) is 1.78. The average molecular weight is 348 g/mol. The quantitative estimate of drug-likeness (QED) is 0.579. The van der Waals surface area contributed by atoms with E-state index in [0.29, 0.717) is 16.9 Å². The van der Waals surface area contributed by atoms with E-state index in [9.17, 15) is 19.8 Å². The number of benzene rings is 3. The molecule has 6 nitrogen and oxygen atoms in total. The van der Waals surface area contributed by atoms with Gasteiger partial charge in [-0.05, 0) is 48.5 Å². The number of carbonyl (C=O) groups is 2. The van der Waals surface area contributed by atoms with Crippen molar-refractivity contribution in [2.45, 2.75) is 0 Å². The Kier molecular flexibility index (Phi) is 4.85. The van der Waals surface area contributed by atoms with Crippen molar-refractivity contribution in [1.82, 2.24) is 0 Å². The van der Waals surface area contributed by atoms with Crippen LogP contribution >= 0.6 is 0 Å². The standard InChI is InChI=1S/C20H16N2O4/c23-17-10-14(11-18(24)12-17)20(26)22-16-8-6-15(7-9-16)21-19(25)13-4-2-1-3-5-13/h1-12,23-24H,(H,21,25)(H,22,26). The van der Waals surface area contributed by atoms with Gasteiger partial charge in [-0.1, -0.05) is 18.2 Å². The highest BCUT2D eigenvalue weighted by atomic mass is 16.3. The fourth-order valence-electron chi connectivity index (χ4n) is 2.36. The summed E-state index contributed by atoms with van der Waals surface area (Å²) in [7, 11) is 0. The van der Waals surface area contributed by atoms with E-state index in [-0.39, 0.29) is 23.0 Å². The number of phenolic OH excluding ortho intramolecular Hbond substituents is 2. The van der Waals surface area contributed by atoms with Crippen LogP contribution in [-0.2, 0) is 0 Å². The van der Waals surface area contributed by atoms with Gasteiger partial charge in [-0.15, -0.1) is 0 Å². The Balaban J connectivity index is 1.66. The van der Waals surface area contributed by atoms with E-state index in [4.69, 9.17) is 0 Å². The topological polar surface area (TPSA) is 98.7 Å². The number of carbonyl (C=O) groups excluding carboxylic acids is 2. The van der Waals surface area contributed by atoms with E-state index in [1.54, 1.807) is 48.5 Å². The first-order chi connectivity index (χ1) is 12.5. The molecule has 130 valence electrons. The van der Waals surface area contributed by atoms with Crippen molar-refractivity contribution >= 4 is 23.2 Å². The summed E-state index contributed by atoms with van der Waals surface area (Å²) < 4.78 is 0. The third-order valence-corrected chi connectivity index (χ3v) is 3.60. The average Bonchev–Trinajstić information content (AvgIpc) is 2.63. The van der Waals surface area contributed by atoms with Crippen molar-refractivity contribution in [2.75, 3.05) is 10.6 Å². The molecule has 0 spiro atoms. The van der Waals surface area contributed by atoms with Gasteiger partial charge in [-0.3, -0.25) is 9.59 Å². The highest BCUT2D eigenvalue weighted by Gasteiger charge is 2.10. The third kappa shape index (κ3) is 4.18. The monoisotopic (exact) mass is 348 g/mol. The minimum Gasteiger partial charge on any atom is -0.508 e. The summed E-state index contributed by atoms with van der Waals surface area (Å²) in [6.45, 7) is 0. The lowest BCUT2D eigenvalue weighted by molar-refractivity contribution is 0.101. The molecule has 0 heterocycles. The van der Waals surface area contributed by atoms with Gasteiger partial charge in [-0.25, -0.2) is 0 Å². The smallest absolute Gasteiger partial charge is 0.255 e. The van der Waals surface area contributed by atoms with E-state index in [2.05, 4.69) is 10.6 Å². The summed E-state index contributed by atoms with van der Waals surface area (Å²) in [6.07, 6.45) is 0. The van der Waals surface area contributed by atoms with Gasteiger partial charge in [0.25, 0.3) is 11.8 Å². The van der Waals surface area contributed by atoms with Crippen LogP contribution in [0.25, 0.3) is 0 Å². The summed E-state index contributed by atoms with van der Waals surface area (Å²) in [6, 6.07) is 19.1. The molecule has 0 saturated heterocycles. The maximum absolute atomic E-state index is 12.2. The molecule has 0 aliphatic rings. The Hall–Kier alpha value is -3.80. The van der Waals surface area contributed by atoms with E-state index >= 15 is 0 Å². The van der Waals surface area contributed by atoms with Crippen LogP contribution in [0.4, 0.5) is 11.4 Å². The van der Waals surface area contributed by atoms with Crippen LogP contribution in [0.1, 0.15) is 20.7 Å². The molecule has 0 fully saturated rings. The fourth-order valence-corrected chi connectivity index (χ4v) is 2.36. The zero-order valence-electron chi connectivity index (χ0n) is 13.6. The number of hydrogen-bond donors (Lipinski definition) is 4. The van der Waals surface area contributed by atoms with Crippen LogP contribution in [0.5, 0.6) is 11.5 Å². The van der Waals surface area contributed by atoms with Gasteiger partial charge in [0, 0.05) is 28.6 Å². The highest BCUT2D eigenvalue weighted by Crippen LogP contribution is 2.22. The van der Waals surface area contributed by atoms with Crippen molar-refractivity contribution in [3.8, 4) is 11.5 Å². The maximum Gasteiger partial charge on any atom is 0.255 e. The van der Waals surface area contributed by atoms with Crippen molar-refractivity contribution in [3.63, 3.8) is 0 Å². The second-order valence-electron chi connectivity index (χ2n) is 5.59. The molecular formula is C20H16N2O4. The lowest BCUT2D eigenvalue weighted by Crippen LogP contribution is -2.13. The van der Waals surface area contributed by atoms with Gasteiger partial charge >= 0.3 is 0 Å². The van der Waals surface area contributed by atoms with Gasteiger partial charge in [0.1, 0.15) is 11.5 Å². The molecule has 0 bridgehead atoms. The Morgan fingerprint density at radius 2 is 1.08 bits per heavy atom. The fraction of sp³-hybridized carbons (Fsp3) is 0. The summed E-state index contributed by atoms with van der Waals surface area (Å²) >= 11 is 0. The summed E-state index contributed by atoms with van der Waals surface area (Å²) in [5, 5.41) is 24.3. The van der Waals surface area contributed by atoms with Gasteiger partial charge in [0.05, 0.1) is 0 Å². The van der Waals surface area contributed by atoms with Crippen LogP contribution in [0.3, 0.4) is 0 Å². The molecule has 2 amide bonds. The predicted octanol–water partition coefficient (Wildman–Crippen LogP) is 3.60. The Bertz CT molecular complexity index is 918. The second kappa shape index (κ2) is 7.40. The molecule has 0 saturated carbocycles. The number of anilines is 2. The second-order valence-corrected chi connectivity index (χ2v) is 5.59. The Labute approximate surface area is 149 Å². The Morgan fingerprint density at radius 1 is 0.615 bits per heavy atom. The summed E-state index contributed by atoms with van der Waals surface area (Å²) in [4.78, 5) is 24.3. The predicted molar refractivity (Wildman–Crippen MR) is 98.6 cm³/mol. The van der Waals surface area contributed by atoms with Gasteiger partial charge in [0.15, 0.2) is 0 Å². The number of rotatable bonds is 4. The van der Waals surface area contributed by atoms with Crippen LogP contribution < -0.4 is 10.6 Å². The zero-order chi connectivity index (χ0) is 18.5. The third-order valence-electron chi connectivity index (χ3n) is 3.60. The molecule has 0 aromatic heterocycles. The molecular weight excluding hydrogens is 332 g/mol. The first-order valence-electron chi connectivity index (χ1n) is 7.82. The molecule has 4 N–H and O–H groups in total. The SMILES string of the molecule is O=C(Nc1ccc(NC(=O)c2cc(O)cc(O)c2)cc1)c1ccccc1. The van der Waals surface area contributed by atoms with E-state index < -0.39 is 5.91 Å². The van der Waals surface area contributed by atoms with Gasteiger partial charge in [0.2, 0.25) is 0 Å². The van der Waals surface area contributed by atoms with Crippen LogP contribution in [0.2, 0.25) is 0 Å². The van der Waals surface area contributed by atoms with Crippen molar-refractivity contribution in [3.05, 3.63) is 83.9 Å². The van der Waals surface area contributed by atoms with E-state index in [1.165, 1.54) is 12.1 Å². The summed E-state index contributed by atoms with van der Waals surface area (Å²) in [5.74, 6) is -1.10. The number of phenols is 2. The molecule has 0 atom stereocenters. The lowest BCUT2D eigenvalue weighted by atomic mass is 10.1. The molecule has 3 aromatic rings. The molecule has 3 aromatic carbocycles. The van der Waals surface area contributed by atoms with Crippen LogP contribution in [0.15, 0.2) is 72.8 Å². The molecule has 0 aliphatic carbocycles. The molecule has 6 heteroatoms. The first kappa shape index (κ1) is 17.0. The zero-order valence-corrected chi connectivity index (χ0v) is 13.6. The Morgan fingerprint density at radius 3 is 1.58 bits per heavy atom. The van der Waals surface area contributed by atoms with Crippen molar-refractivity contribution in [1.29, 1.82) is 0 Å². The van der Waals surface area contributed by atoms with Gasteiger partial charge in [-0.2, -0.15) is 0 Å². The van der Waals surface area contributed by atoms with E-state index in [0.717, 1.165) is 6.07 Å². The number of aromatic hydroxyl groups is 2. The highest BCUT2D eigenvalue weighted by molar-refractivity contribution is 6.06. The normalized spacial score (nSPS) is 10.2. The number of nitrogens with one attached hydrogen (secondary N) is 2. The lowest BCUT2D eigenvalue weighted by Gasteiger charge is -2.08. The molecule has 0 aliphatic heterocycles. The number of hydrogen-bond acceptors (Lipinski definition) is 4. The first-order valence-corrected chi connectivity index (χ1v) is 7.82. The van der Waals surface area contributed by atoms with Crippen molar-refractivity contribution in [2.24, 2.45) is 0 Å². The molecule has 26 heavy (non-hydrogen) atoms. The molecule has 3 rings (SSSR count). The van der Waals surface area contributed by atoms with Crippen LogP contribution in [-0.4, -0.2) is 22.0 Å². The minimum atomic E-state index is -0.475. The molecule has 0 unspecified atom stereocenters. The largest absolute Gasteiger partial charge is 0.508 e. The van der Waals surface area contributed by atoms with E-state index in [1.807, 2.05) is 6.07 Å². The maximum atomic E-state index is 12.2. The molecule has 0 radical (unpaired) electrons. The number of amides is 2. The van der Waals surface area contributed by atoms with Gasteiger partial charge < -0.3 is 20.8 Å². The van der Waals surface area contributed by atoms with Crippen LogP contribution in [0, 0.1) is 0 Å².